The third-order valence-corrected chi connectivity index (χ3v) is 23.1. The fourth-order valence-electron chi connectivity index (χ4n) is 16.1. The van der Waals surface area contributed by atoms with Crippen molar-refractivity contribution in [3.63, 3.8) is 0 Å². The van der Waals surface area contributed by atoms with Crippen LogP contribution in [-0.2, 0) is 70.1 Å². The molecule has 10 atom stereocenters. The first kappa shape index (κ1) is 83.2. The maximum Gasteiger partial charge on any atom is 0.417 e. The Bertz CT molecular complexity index is 3210. The van der Waals surface area contributed by atoms with Crippen LogP contribution < -0.4 is 16.0 Å². The van der Waals surface area contributed by atoms with Gasteiger partial charge in [0.15, 0.2) is 0 Å². The summed E-state index contributed by atoms with van der Waals surface area (Å²) in [5, 5.41) is 8.24. The van der Waals surface area contributed by atoms with E-state index in [0.717, 1.165) is 50.7 Å². The number of halogens is 4. The number of amides is 12. The van der Waals surface area contributed by atoms with E-state index in [4.69, 9.17) is 11.6 Å². The number of nitrogens with one attached hydrogen (secondary N) is 3. The molecule has 0 unspecified atom stereocenters. The summed E-state index contributed by atoms with van der Waals surface area (Å²) >= 11 is 6.17. The average Bonchev–Trinajstić information content (AvgIpc) is 1.53. The zero-order valence-corrected chi connectivity index (χ0v) is 63.9. The smallest absolute Gasteiger partial charge is 0.343 e. The molecular formula is C75H116ClF3N12O12. The lowest BCUT2D eigenvalue weighted by molar-refractivity contribution is -0.161. The summed E-state index contributed by atoms with van der Waals surface area (Å²) in [5.74, 6) is -8.74. The van der Waals surface area contributed by atoms with Crippen molar-refractivity contribution >= 4 is 82.5 Å². The van der Waals surface area contributed by atoms with Crippen LogP contribution in [0.4, 0.5) is 13.2 Å². The molecule has 0 radical (unpaired) electrons. The highest BCUT2D eigenvalue weighted by Gasteiger charge is 2.52. The number of benzene rings is 1. The van der Waals surface area contributed by atoms with Crippen molar-refractivity contribution in [2.24, 2.45) is 23.7 Å². The normalized spacial score (nSPS) is 27.3. The molecule has 576 valence electrons. The fraction of sp³-hybridized carbons (Fsp3) is 0.760. The molecule has 103 heavy (non-hydrogen) atoms. The summed E-state index contributed by atoms with van der Waals surface area (Å²) in [6, 6.07) is -7.76. The van der Waals surface area contributed by atoms with Crippen molar-refractivity contribution < 1.29 is 70.7 Å². The molecule has 4 saturated heterocycles. The first-order valence-corrected chi connectivity index (χ1v) is 38.2. The molecule has 24 nitrogen and oxygen atoms in total. The molecule has 1 aromatic rings. The lowest BCUT2D eigenvalue weighted by Crippen LogP contribution is -2.65. The second-order valence-electron chi connectivity index (χ2n) is 31.0. The van der Waals surface area contributed by atoms with Gasteiger partial charge in [0.05, 0.1) is 23.6 Å². The number of hydrogen-bond acceptors (Lipinski definition) is 12. The number of likely N-dealkylation sites (tertiary alicyclic amines) is 1. The number of alkyl halides is 3. The van der Waals surface area contributed by atoms with Gasteiger partial charge >= 0.3 is 6.18 Å². The van der Waals surface area contributed by atoms with Gasteiger partial charge in [0.2, 0.25) is 70.9 Å². The number of nitrogens with zero attached hydrogens (tertiary/aromatic N) is 9. The van der Waals surface area contributed by atoms with Crippen LogP contribution in [0.25, 0.3) is 0 Å². The molecule has 2 aliphatic carbocycles. The van der Waals surface area contributed by atoms with Crippen molar-refractivity contribution in [2.75, 3.05) is 75.0 Å². The van der Waals surface area contributed by atoms with Crippen molar-refractivity contribution in [3.05, 3.63) is 34.3 Å². The fourth-order valence-corrected chi connectivity index (χ4v) is 16.5. The monoisotopic (exact) mass is 1470 g/mol. The zero-order valence-electron chi connectivity index (χ0n) is 63.2. The summed E-state index contributed by atoms with van der Waals surface area (Å²) in [6.45, 7) is 13.1. The highest BCUT2D eigenvalue weighted by molar-refractivity contribution is 6.31. The third kappa shape index (κ3) is 20.1. The van der Waals surface area contributed by atoms with E-state index in [-0.39, 0.29) is 82.7 Å². The van der Waals surface area contributed by atoms with Crippen molar-refractivity contribution in [3.8, 4) is 0 Å². The first-order chi connectivity index (χ1) is 48.6. The van der Waals surface area contributed by atoms with E-state index in [0.29, 0.717) is 70.0 Å². The number of carbonyl (C=O) groups excluding carboxylic acids is 12. The second-order valence-corrected chi connectivity index (χ2v) is 31.4. The van der Waals surface area contributed by atoms with Crippen LogP contribution in [-0.4, -0.2) is 250 Å². The maximum absolute atomic E-state index is 15.5. The Morgan fingerprint density at radius 3 is 1.83 bits per heavy atom. The van der Waals surface area contributed by atoms with E-state index in [2.05, 4.69) is 16.0 Å². The van der Waals surface area contributed by atoms with Gasteiger partial charge in [-0.2, -0.15) is 13.2 Å². The predicted octanol–water partition coefficient (Wildman–Crippen LogP) is 7.20. The minimum Gasteiger partial charge on any atom is -0.343 e. The van der Waals surface area contributed by atoms with Crippen LogP contribution in [0.1, 0.15) is 207 Å². The van der Waals surface area contributed by atoms with Crippen LogP contribution in [0.5, 0.6) is 0 Å². The van der Waals surface area contributed by atoms with Crippen LogP contribution in [0.15, 0.2) is 18.2 Å². The van der Waals surface area contributed by atoms with Gasteiger partial charge in [0.1, 0.15) is 59.9 Å². The average molecular weight is 1470 g/mol. The lowest BCUT2D eigenvalue weighted by Gasteiger charge is -2.46. The van der Waals surface area contributed by atoms with Gasteiger partial charge in [-0.3, -0.25) is 57.5 Å². The number of piperidine rings is 1. The number of fused-ring (bicyclic) bond motifs is 2. The molecule has 4 heterocycles. The zero-order chi connectivity index (χ0) is 76.1. The second kappa shape index (κ2) is 36.8. The van der Waals surface area contributed by atoms with Crippen LogP contribution in [0.2, 0.25) is 5.02 Å². The maximum atomic E-state index is 15.5. The molecule has 28 heteroatoms. The number of likely N-dealkylation sites (N-methyl/N-ethyl adjacent to an activating group) is 6. The Morgan fingerprint density at radius 1 is 0.621 bits per heavy atom. The largest absolute Gasteiger partial charge is 0.417 e. The topological polar surface area (TPSA) is 270 Å². The Morgan fingerprint density at radius 2 is 1.25 bits per heavy atom. The number of aryl methyl sites for hydroxylation is 1. The molecule has 0 bridgehead atoms. The number of unbranched alkanes of at least 4 members (excludes halogenated alkanes) is 1. The van der Waals surface area contributed by atoms with E-state index in [9.17, 15) is 18.0 Å². The molecule has 6 aliphatic rings. The van der Waals surface area contributed by atoms with E-state index in [1.165, 1.54) is 87.6 Å². The quantitative estimate of drug-likeness (QED) is 0.167. The Labute approximate surface area is 612 Å². The predicted molar refractivity (Wildman–Crippen MR) is 383 cm³/mol. The highest BCUT2D eigenvalue weighted by atomic mass is 35.5. The molecule has 1 spiro atoms. The molecule has 4 aliphatic heterocycles. The summed E-state index contributed by atoms with van der Waals surface area (Å²) < 4.78 is 41.7. The summed E-state index contributed by atoms with van der Waals surface area (Å²) in [5.41, 5.74) is -2.35. The van der Waals surface area contributed by atoms with Crippen molar-refractivity contribution in [2.45, 2.75) is 269 Å². The van der Waals surface area contributed by atoms with E-state index < -0.39 is 172 Å². The number of hydrogen-bond donors (Lipinski definition) is 3. The Kier molecular flexibility index (Phi) is 29.7. The molecule has 7 rings (SSSR count). The SMILES string of the molecule is CCCC[C@H]1C(=O)N2CC[C@H]2C(=O)N(C)[C@@H](CC2CCCCC2)C(=O)N(C)CC(=O)N[C@@H](CCc2ccc(C(F)(F)F)c(Cl)c2)C(=O)N2CCC[C@H]2C(=O)NC2(CCCC2)C(=O)N(C)[C@@H](C(C)C)C(=O)N(C)[C@H](C(=O)N2CCCCC2)CC(=O)N(C)[C@@H](CC(C)C)C(=O)N[C@@H]([C@@H](C)CC)C(=O)N1C. The van der Waals surface area contributed by atoms with Gasteiger partial charge < -0.3 is 60.0 Å². The van der Waals surface area contributed by atoms with Crippen molar-refractivity contribution in [1.82, 2.24) is 60.0 Å². The standard InChI is InChI=1S/C75H116ClF3N12O12/c1-14-16-28-55-70(100)91-40-34-56(91)68(98)86(11)58(43-49-26-19-17-20-27-49)67(97)83(8)45-60(92)80-53(33-31-50-30-32-51(52(76)42-50)75(77,78)79)66(96)90-39-25-29-54(90)65(95)82-74(35-21-22-36-74)73(103)88(13)63(47(5)6)72(102)87(12)59(69(99)89-37-23-18-24-38-89)44-61(93)84(9)57(41-46(3)4)64(94)81-62(48(7)15-2)71(101)85(55)10/h30,32,42,46-49,53-59,62-63H,14-29,31,33-41,43-45H2,1-13H3,(H,80,92)(H,81,94)(H,82,95)/t48-,53-,54-,55-,56-,57-,58-,59-,62-,63-/m0/s1. The minimum absolute atomic E-state index is 0.0214. The van der Waals surface area contributed by atoms with Crippen LogP contribution in [0, 0.1) is 23.7 Å². The molecule has 6 fully saturated rings. The molecule has 12 amide bonds. The van der Waals surface area contributed by atoms with Gasteiger partial charge in [-0.25, -0.2) is 0 Å². The van der Waals surface area contributed by atoms with Gasteiger partial charge in [0.25, 0.3) is 0 Å². The van der Waals surface area contributed by atoms with E-state index >= 15 is 52.7 Å². The molecule has 1 aromatic carbocycles. The molecular weight excluding hydrogens is 1350 g/mol. The van der Waals surface area contributed by atoms with E-state index in [1.54, 1.807) is 25.7 Å². The Hall–Kier alpha value is -7.06. The molecule has 2 saturated carbocycles. The molecule has 0 aromatic heterocycles. The highest BCUT2D eigenvalue weighted by Crippen LogP contribution is 2.38. The first-order valence-electron chi connectivity index (χ1n) is 37.8. The minimum atomic E-state index is -4.76. The lowest BCUT2D eigenvalue weighted by atomic mass is 9.84. The number of rotatable bonds is 14. The molecule has 3 N–H and O–H groups in total. The van der Waals surface area contributed by atoms with Crippen LogP contribution in [0.3, 0.4) is 0 Å². The Balaban J connectivity index is 1.31. The van der Waals surface area contributed by atoms with Gasteiger partial charge in [-0.1, -0.05) is 130 Å². The van der Waals surface area contributed by atoms with E-state index in [1.807, 2.05) is 27.7 Å². The number of carbonyl (C=O) groups is 12. The van der Waals surface area contributed by atoms with Crippen molar-refractivity contribution in [1.29, 1.82) is 0 Å². The van der Waals surface area contributed by atoms with Gasteiger partial charge in [0, 0.05) is 68.5 Å². The van der Waals surface area contributed by atoms with Crippen LogP contribution >= 0.6 is 11.6 Å². The van der Waals surface area contributed by atoms with Gasteiger partial charge in [-0.05, 0) is 125 Å². The summed E-state index contributed by atoms with van der Waals surface area (Å²) in [6.07, 6.45) is 5.16. The van der Waals surface area contributed by atoms with Gasteiger partial charge in [-0.15, -0.1) is 0 Å². The third-order valence-electron chi connectivity index (χ3n) is 22.8. The summed E-state index contributed by atoms with van der Waals surface area (Å²) in [7, 11) is 8.72. The summed E-state index contributed by atoms with van der Waals surface area (Å²) in [4.78, 5) is 194.